The van der Waals surface area contributed by atoms with Crippen LogP contribution in [0.4, 0.5) is 0 Å². The van der Waals surface area contributed by atoms with E-state index in [-0.39, 0.29) is 23.6 Å². The molecule has 1 N–H and O–H groups in total. The zero-order chi connectivity index (χ0) is 19.1. The van der Waals surface area contributed by atoms with Crippen molar-refractivity contribution in [3.63, 3.8) is 0 Å². The van der Waals surface area contributed by atoms with E-state index >= 15 is 0 Å². The Morgan fingerprint density at radius 1 is 1.33 bits per heavy atom. The number of carbonyl (C=O) groups excluding carboxylic acids is 1. The molecular weight excluding hydrogens is 366 g/mol. The van der Waals surface area contributed by atoms with Crippen LogP contribution < -0.4 is 15.5 Å². The molecule has 0 aromatic carbocycles. The molecule has 2 fully saturated rings. The fourth-order valence-electron chi connectivity index (χ4n) is 3.44. The third-order valence-electron chi connectivity index (χ3n) is 5.13. The van der Waals surface area contributed by atoms with E-state index in [0.29, 0.717) is 19.0 Å². The quantitative estimate of drug-likeness (QED) is 0.741. The van der Waals surface area contributed by atoms with Gasteiger partial charge >= 0.3 is 0 Å². The number of pyridine rings is 1. The Morgan fingerprint density at radius 2 is 2.07 bits per heavy atom. The van der Waals surface area contributed by atoms with Crippen molar-refractivity contribution >= 4 is 17.7 Å². The second kappa shape index (κ2) is 10.1. The maximum absolute atomic E-state index is 12.5. The van der Waals surface area contributed by atoms with E-state index in [1.54, 1.807) is 12.3 Å². The highest BCUT2D eigenvalue weighted by atomic mass is 32.2. The molecule has 1 aromatic heterocycles. The molecule has 0 aliphatic carbocycles. The second-order valence-corrected chi connectivity index (χ2v) is 8.30. The van der Waals surface area contributed by atoms with E-state index in [1.807, 2.05) is 16.3 Å². The number of nitrogens with zero attached hydrogens (tertiary/aromatic N) is 2. The Bertz CT molecular complexity index is 682. The van der Waals surface area contributed by atoms with Gasteiger partial charge in [0.05, 0.1) is 13.3 Å². The van der Waals surface area contributed by atoms with Crippen molar-refractivity contribution < 1.29 is 14.3 Å². The van der Waals surface area contributed by atoms with E-state index in [1.165, 1.54) is 7.11 Å². The first-order valence-corrected chi connectivity index (χ1v) is 10.7. The van der Waals surface area contributed by atoms with E-state index in [0.717, 1.165) is 56.3 Å². The average Bonchev–Trinajstić information content (AvgIpc) is 2.70. The fraction of sp³-hybridized carbons (Fsp3) is 0.684. The molecule has 27 heavy (non-hydrogen) atoms. The minimum absolute atomic E-state index is 0.0392. The lowest BCUT2D eigenvalue weighted by Gasteiger charge is -2.27. The SMILES string of the molecule is COc1cn(CC(=O)NCC2CCOCC2)c(CN2CCSCC2)cc1=O. The summed E-state index contributed by atoms with van der Waals surface area (Å²) in [5.41, 5.74) is 0.715. The number of hydrogen-bond donors (Lipinski definition) is 1. The molecular formula is C19H29N3O4S. The first kappa shape index (κ1) is 20.2. The van der Waals surface area contributed by atoms with Crippen LogP contribution in [0.3, 0.4) is 0 Å². The normalized spacial score (nSPS) is 19.0. The average molecular weight is 396 g/mol. The van der Waals surface area contributed by atoms with E-state index < -0.39 is 0 Å². The maximum atomic E-state index is 12.5. The van der Waals surface area contributed by atoms with Gasteiger partial charge in [-0.1, -0.05) is 0 Å². The van der Waals surface area contributed by atoms with Crippen LogP contribution in [-0.2, 0) is 22.6 Å². The van der Waals surface area contributed by atoms with Gasteiger partial charge in [-0.25, -0.2) is 0 Å². The summed E-state index contributed by atoms with van der Waals surface area (Å²) < 4.78 is 12.4. The van der Waals surface area contributed by atoms with Crippen LogP contribution in [0.5, 0.6) is 5.75 Å². The maximum Gasteiger partial charge on any atom is 0.239 e. The molecule has 2 aliphatic heterocycles. The Balaban J connectivity index is 1.65. The van der Waals surface area contributed by atoms with Crippen LogP contribution in [0.1, 0.15) is 18.5 Å². The van der Waals surface area contributed by atoms with Crippen molar-refractivity contribution in [1.29, 1.82) is 0 Å². The second-order valence-electron chi connectivity index (χ2n) is 7.07. The van der Waals surface area contributed by atoms with Crippen molar-refractivity contribution in [2.75, 3.05) is 51.5 Å². The highest BCUT2D eigenvalue weighted by Crippen LogP contribution is 2.15. The fourth-order valence-corrected chi connectivity index (χ4v) is 4.42. The predicted molar refractivity (Wildman–Crippen MR) is 106 cm³/mol. The highest BCUT2D eigenvalue weighted by molar-refractivity contribution is 7.99. The number of thioether (sulfide) groups is 1. The molecule has 0 radical (unpaired) electrons. The first-order chi connectivity index (χ1) is 13.2. The van der Waals surface area contributed by atoms with E-state index in [9.17, 15) is 9.59 Å². The number of amides is 1. The molecule has 8 heteroatoms. The van der Waals surface area contributed by atoms with Crippen LogP contribution in [-0.4, -0.2) is 66.8 Å². The van der Waals surface area contributed by atoms with Crippen LogP contribution in [0.15, 0.2) is 17.1 Å². The molecule has 0 atom stereocenters. The molecule has 0 saturated carbocycles. The van der Waals surface area contributed by atoms with Crippen LogP contribution >= 0.6 is 11.8 Å². The molecule has 150 valence electrons. The Labute approximate surface area is 164 Å². The lowest BCUT2D eigenvalue weighted by Crippen LogP contribution is -2.36. The van der Waals surface area contributed by atoms with Gasteiger partial charge < -0.3 is 19.4 Å². The number of ether oxygens (including phenoxy) is 2. The van der Waals surface area contributed by atoms with E-state index in [2.05, 4.69) is 10.2 Å². The predicted octanol–water partition coefficient (Wildman–Crippen LogP) is 0.949. The molecule has 0 spiro atoms. The Hall–Kier alpha value is -1.51. The third kappa shape index (κ3) is 5.99. The summed E-state index contributed by atoms with van der Waals surface area (Å²) in [5, 5.41) is 3.03. The molecule has 2 saturated heterocycles. The molecule has 3 rings (SSSR count). The lowest BCUT2D eigenvalue weighted by molar-refractivity contribution is -0.122. The van der Waals surface area contributed by atoms with Crippen molar-refractivity contribution in [3.05, 3.63) is 28.2 Å². The summed E-state index contributed by atoms with van der Waals surface area (Å²) in [6.07, 6.45) is 3.64. The van der Waals surface area contributed by atoms with Gasteiger partial charge in [0.25, 0.3) is 0 Å². The van der Waals surface area contributed by atoms with Gasteiger partial charge in [0.1, 0.15) is 6.54 Å². The van der Waals surface area contributed by atoms with E-state index in [4.69, 9.17) is 9.47 Å². The number of aromatic nitrogens is 1. The number of rotatable bonds is 7. The van der Waals surface area contributed by atoms with Crippen LogP contribution in [0.2, 0.25) is 0 Å². The highest BCUT2D eigenvalue weighted by Gasteiger charge is 2.17. The number of hydrogen-bond acceptors (Lipinski definition) is 6. The van der Waals surface area contributed by atoms with Gasteiger partial charge in [0.2, 0.25) is 11.3 Å². The van der Waals surface area contributed by atoms with Crippen LogP contribution in [0.25, 0.3) is 0 Å². The monoisotopic (exact) mass is 395 g/mol. The molecule has 1 amide bonds. The summed E-state index contributed by atoms with van der Waals surface area (Å²) in [6.45, 7) is 5.09. The molecule has 1 aromatic rings. The number of methoxy groups -OCH3 is 1. The Kier molecular flexibility index (Phi) is 7.60. The third-order valence-corrected chi connectivity index (χ3v) is 6.08. The topological polar surface area (TPSA) is 72.8 Å². The number of nitrogens with one attached hydrogen (secondary N) is 1. The van der Waals surface area contributed by atoms with Gasteiger partial charge in [-0.2, -0.15) is 11.8 Å². The lowest BCUT2D eigenvalue weighted by atomic mass is 10.0. The molecule has 2 aliphatic rings. The minimum Gasteiger partial charge on any atom is -0.491 e. The summed E-state index contributed by atoms with van der Waals surface area (Å²) in [4.78, 5) is 27.0. The summed E-state index contributed by atoms with van der Waals surface area (Å²) in [7, 11) is 1.48. The van der Waals surface area contributed by atoms with Gasteiger partial charge in [0, 0.05) is 62.7 Å². The van der Waals surface area contributed by atoms with Crippen molar-refractivity contribution in [2.45, 2.75) is 25.9 Å². The summed E-state index contributed by atoms with van der Waals surface area (Å²) in [5.74, 6) is 2.92. The minimum atomic E-state index is -0.141. The first-order valence-electron chi connectivity index (χ1n) is 9.57. The standard InChI is InChI=1S/C19H29N3O4S/c1-25-18-13-22(14-19(24)20-11-15-2-6-26-7-3-15)16(10-17(18)23)12-21-4-8-27-9-5-21/h10,13,15H,2-9,11-12,14H2,1H3,(H,20,24). The molecule has 0 bridgehead atoms. The summed E-state index contributed by atoms with van der Waals surface area (Å²) in [6, 6.07) is 1.60. The van der Waals surface area contributed by atoms with Gasteiger partial charge in [-0.15, -0.1) is 0 Å². The van der Waals surface area contributed by atoms with Gasteiger partial charge in [-0.05, 0) is 18.8 Å². The zero-order valence-corrected chi connectivity index (χ0v) is 16.8. The molecule has 0 unspecified atom stereocenters. The molecule has 3 heterocycles. The van der Waals surface area contributed by atoms with Crippen LogP contribution in [0, 0.1) is 5.92 Å². The molecule has 7 nitrogen and oxygen atoms in total. The van der Waals surface area contributed by atoms with Crippen molar-refractivity contribution in [1.82, 2.24) is 14.8 Å². The number of carbonyl (C=O) groups is 1. The smallest absolute Gasteiger partial charge is 0.239 e. The zero-order valence-electron chi connectivity index (χ0n) is 15.9. The Morgan fingerprint density at radius 3 is 2.78 bits per heavy atom. The largest absolute Gasteiger partial charge is 0.491 e. The van der Waals surface area contributed by atoms with Gasteiger partial charge in [0.15, 0.2) is 5.75 Å². The van der Waals surface area contributed by atoms with Gasteiger partial charge in [-0.3, -0.25) is 14.5 Å². The van der Waals surface area contributed by atoms with Crippen molar-refractivity contribution in [3.8, 4) is 5.75 Å². The summed E-state index contributed by atoms with van der Waals surface area (Å²) >= 11 is 1.95. The van der Waals surface area contributed by atoms with Crippen molar-refractivity contribution in [2.24, 2.45) is 5.92 Å².